The Morgan fingerprint density at radius 1 is 1.09 bits per heavy atom. The highest BCUT2D eigenvalue weighted by molar-refractivity contribution is 5.66. The minimum Gasteiger partial charge on any atom is -0.462 e. The Balaban J connectivity index is 1.63. The van der Waals surface area contributed by atoms with E-state index in [1.807, 2.05) is 5.57 Å². The van der Waals surface area contributed by atoms with E-state index in [4.69, 9.17) is 9.47 Å². The van der Waals surface area contributed by atoms with Crippen LogP contribution in [0.25, 0.3) is 0 Å². The first-order valence-electron chi connectivity index (χ1n) is 15.0. The van der Waals surface area contributed by atoms with Gasteiger partial charge in [0.1, 0.15) is 6.10 Å². The van der Waals surface area contributed by atoms with Crippen LogP contribution >= 0.6 is 0 Å². The highest BCUT2D eigenvalue weighted by atomic mass is 16.5. The molecule has 3 nitrogen and oxygen atoms in total. The van der Waals surface area contributed by atoms with Gasteiger partial charge >= 0.3 is 5.97 Å². The molecular formula is C32H54O3. The number of ether oxygens (including phenoxy) is 2. The van der Waals surface area contributed by atoms with E-state index in [2.05, 4.69) is 48.5 Å². The molecule has 4 aliphatic carbocycles. The highest BCUT2D eigenvalue weighted by Crippen LogP contribution is 2.67. The zero-order valence-corrected chi connectivity index (χ0v) is 24.1. The first kappa shape index (κ1) is 27.2. The number of hydrogen-bond donors (Lipinski definition) is 0. The standard InChI is InChI=1S/C32H54O3/c1-9-34-29-19-27-22(5)28(35-23(6)33)16-18-32(27,8)26-15-17-31(7)24(13-14-25(31)30(26)29)21(4)12-10-11-20(2)3/h20-22,24,26-29H,9-19H2,1-8H3/t21-,22+,24-,26+,27+,28+,29-,31-,32-/m1/s1. The topological polar surface area (TPSA) is 35.5 Å². The molecule has 0 amide bonds. The molecule has 0 unspecified atom stereocenters. The predicted octanol–water partition coefficient (Wildman–Crippen LogP) is 8.36. The van der Waals surface area contributed by atoms with Crippen molar-refractivity contribution in [2.45, 2.75) is 132 Å². The maximum Gasteiger partial charge on any atom is 0.302 e. The summed E-state index contributed by atoms with van der Waals surface area (Å²) >= 11 is 0. The second-order valence-corrected chi connectivity index (χ2v) is 13.7. The molecule has 3 fully saturated rings. The monoisotopic (exact) mass is 486 g/mol. The summed E-state index contributed by atoms with van der Waals surface area (Å²) in [4.78, 5) is 11.8. The molecule has 9 atom stereocenters. The average Bonchev–Trinajstić information content (AvgIpc) is 3.14. The first-order valence-corrected chi connectivity index (χ1v) is 15.0. The van der Waals surface area contributed by atoms with Gasteiger partial charge in [-0.2, -0.15) is 0 Å². The van der Waals surface area contributed by atoms with Gasteiger partial charge in [-0.15, -0.1) is 0 Å². The lowest BCUT2D eigenvalue weighted by molar-refractivity contribution is -0.163. The van der Waals surface area contributed by atoms with Gasteiger partial charge in [0.05, 0.1) is 6.10 Å². The summed E-state index contributed by atoms with van der Waals surface area (Å²) in [6.07, 6.45) is 13.1. The van der Waals surface area contributed by atoms with E-state index in [0.717, 1.165) is 37.2 Å². The molecule has 0 N–H and O–H groups in total. The van der Waals surface area contributed by atoms with Crippen LogP contribution in [0.1, 0.15) is 120 Å². The van der Waals surface area contributed by atoms with Crippen molar-refractivity contribution in [1.29, 1.82) is 0 Å². The Bertz CT molecular complexity index is 799. The lowest BCUT2D eigenvalue weighted by atomic mass is 9.46. The highest BCUT2D eigenvalue weighted by Gasteiger charge is 2.59. The van der Waals surface area contributed by atoms with E-state index in [9.17, 15) is 4.79 Å². The molecule has 0 aromatic heterocycles. The number of fused-ring (bicyclic) bond motifs is 4. The molecule has 0 spiro atoms. The maximum atomic E-state index is 11.8. The fraction of sp³-hybridized carbons (Fsp3) is 0.906. The van der Waals surface area contributed by atoms with Crippen LogP contribution in [0.15, 0.2) is 11.1 Å². The molecule has 4 rings (SSSR count). The Morgan fingerprint density at radius 3 is 2.49 bits per heavy atom. The smallest absolute Gasteiger partial charge is 0.302 e. The van der Waals surface area contributed by atoms with Crippen LogP contribution in [0.3, 0.4) is 0 Å². The minimum absolute atomic E-state index is 0.0680. The molecule has 4 aliphatic rings. The number of esters is 1. The third-order valence-electron chi connectivity index (χ3n) is 11.3. The maximum absolute atomic E-state index is 11.8. The van der Waals surface area contributed by atoms with Crippen molar-refractivity contribution in [2.75, 3.05) is 6.61 Å². The summed E-state index contributed by atoms with van der Waals surface area (Å²) in [5.41, 5.74) is 4.20. The molecule has 3 saturated carbocycles. The summed E-state index contributed by atoms with van der Waals surface area (Å²) in [5.74, 6) is 3.92. The molecule has 3 heteroatoms. The Hall–Kier alpha value is -0.830. The Labute approximate surface area is 216 Å². The van der Waals surface area contributed by atoms with Gasteiger partial charge in [-0.25, -0.2) is 0 Å². The van der Waals surface area contributed by atoms with Crippen molar-refractivity contribution in [3.05, 3.63) is 11.1 Å². The van der Waals surface area contributed by atoms with Gasteiger partial charge in [0.15, 0.2) is 0 Å². The second kappa shape index (κ2) is 10.5. The molecule has 0 aliphatic heterocycles. The van der Waals surface area contributed by atoms with Crippen LogP contribution in [-0.4, -0.2) is 24.8 Å². The van der Waals surface area contributed by atoms with Crippen LogP contribution in [0, 0.1) is 46.3 Å². The number of rotatable bonds is 8. The van der Waals surface area contributed by atoms with E-state index in [0.29, 0.717) is 28.6 Å². The third-order valence-corrected chi connectivity index (χ3v) is 11.3. The van der Waals surface area contributed by atoms with Gasteiger partial charge in [0.25, 0.3) is 0 Å². The lowest BCUT2D eigenvalue weighted by Gasteiger charge is -2.60. The van der Waals surface area contributed by atoms with Crippen molar-refractivity contribution in [3.63, 3.8) is 0 Å². The normalized spacial score (nSPS) is 41.9. The minimum atomic E-state index is -0.127. The van der Waals surface area contributed by atoms with Crippen molar-refractivity contribution in [1.82, 2.24) is 0 Å². The third kappa shape index (κ3) is 4.89. The molecule has 0 heterocycles. The Morgan fingerprint density at radius 2 is 1.83 bits per heavy atom. The van der Waals surface area contributed by atoms with E-state index < -0.39 is 0 Å². The average molecular weight is 487 g/mol. The van der Waals surface area contributed by atoms with Gasteiger partial charge in [-0.3, -0.25) is 4.79 Å². The molecule has 0 aromatic carbocycles. The summed E-state index contributed by atoms with van der Waals surface area (Å²) in [7, 11) is 0. The van der Waals surface area contributed by atoms with Gasteiger partial charge < -0.3 is 9.47 Å². The van der Waals surface area contributed by atoms with E-state index >= 15 is 0 Å². The summed E-state index contributed by atoms with van der Waals surface area (Å²) in [6.45, 7) is 19.3. The van der Waals surface area contributed by atoms with Crippen LogP contribution in [0.5, 0.6) is 0 Å². The quantitative estimate of drug-likeness (QED) is 0.255. The van der Waals surface area contributed by atoms with Crippen LogP contribution < -0.4 is 0 Å². The lowest BCUT2D eigenvalue weighted by Crippen LogP contribution is -2.55. The van der Waals surface area contributed by atoms with Crippen LogP contribution in [0.2, 0.25) is 0 Å². The molecule has 0 bridgehead atoms. The van der Waals surface area contributed by atoms with Gasteiger partial charge in [-0.05, 0) is 104 Å². The number of carbonyl (C=O) groups is 1. The summed E-state index contributed by atoms with van der Waals surface area (Å²) in [6, 6.07) is 0. The van der Waals surface area contributed by atoms with E-state index in [1.165, 1.54) is 51.4 Å². The van der Waals surface area contributed by atoms with Gasteiger partial charge in [0, 0.05) is 13.5 Å². The Kier molecular flexibility index (Phi) is 8.17. The van der Waals surface area contributed by atoms with Crippen molar-refractivity contribution >= 4 is 5.97 Å². The number of allylic oxidation sites excluding steroid dienone is 1. The first-order chi connectivity index (χ1) is 16.5. The second-order valence-electron chi connectivity index (χ2n) is 13.7. The number of carbonyl (C=O) groups excluding carboxylic acids is 1. The van der Waals surface area contributed by atoms with Crippen LogP contribution in [0.4, 0.5) is 0 Å². The molecule has 0 aromatic rings. The van der Waals surface area contributed by atoms with Gasteiger partial charge in [-0.1, -0.05) is 66.4 Å². The van der Waals surface area contributed by atoms with E-state index in [1.54, 1.807) is 12.5 Å². The zero-order valence-electron chi connectivity index (χ0n) is 24.1. The van der Waals surface area contributed by atoms with Crippen molar-refractivity contribution in [3.8, 4) is 0 Å². The molecular weight excluding hydrogens is 432 g/mol. The molecule has 0 saturated heterocycles. The SMILES string of the molecule is CCO[C@@H]1C[C@H]2[C@H](C)[C@@H](OC(C)=O)CC[C@]2(C)[C@H]2CC[C@@]3(C)C(=C12)CC[C@@H]3[C@H](C)CCCC(C)C. The van der Waals surface area contributed by atoms with E-state index in [-0.39, 0.29) is 18.2 Å². The fourth-order valence-electron chi connectivity index (χ4n) is 9.59. The van der Waals surface area contributed by atoms with Crippen LogP contribution in [-0.2, 0) is 14.3 Å². The van der Waals surface area contributed by atoms with Crippen molar-refractivity contribution in [2.24, 2.45) is 46.3 Å². The number of hydrogen-bond acceptors (Lipinski definition) is 3. The molecule has 200 valence electrons. The zero-order chi connectivity index (χ0) is 25.5. The van der Waals surface area contributed by atoms with Gasteiger partial charge in [0.2, 0.25) is 0 Å². The fourth-order valence-corrected chi connectivity index (χ4v) is 9.59. The predicted molar refractivity (Wildman–Crippen MR) is 144 cm³/mol. The molecule has 35 heavy (non-hydrogen) atoms. The summed E-state index contributed by atoms with van der Waals surface area (Å²) < 4.78 is 12.4. The molecule has 0 radical (unpaired) electrons. The van der Waals surface area contributed by atoms with Crippen molar-refractivity contribution < 1.29 is 14.3 Å². The largest absolute Gasteiger partial charge is 0.462 e. The summed E-state index contributed by atoms with van der Waals surface area (Å²) in [5, 5.41) is 0.